The summed E-state index contributed by atoms with van der Waals surface area (Å²) in [6, 6.07) is 2.77. The van der Waals surface area contributed by atoms with Crippen molar-refractivity contribution in [2.24, 2.45) is 5.92 Å². The third-order valence-corrected chi connectivity index (χ3v) is 4.84. The van der Waals surface area contributed by atoms with E-state index in [0.29, 0.717) is 12.0 Å². The first-order chi connectivity index (χ1) is 9.97. The largest absolute Gasteiger partial charge is 0.459 e. The average Bonchev–Trinajstić information content (AvgIpc) is 3.18. The summed E-state index contributed by atoms with van der Waals surface area (Å²) < 4.78 is 6.17. The predicted molar refractivity (Wildman–Crippen MR) is 89.1 cm³/mol. The molecule has 2 aromatic rings. The summed E-state index contributed by atoms with van der Waals surface area (Å²) in [5.74, 6) is 1.69. The third kappa shape index (κ3) is 2.97. The quantitative estimate of drug-likeness (QED) is 0.826. The van der Waals surface area contributed by atoms with Crippen LogP contribution in [0.4, 0.5) is 0 Å². The first kappa shape index (κ1) is 14.9. The lowest BCUT2D eigenvalue weighted by molar-refractivity contribution is 0.500. The monoisotopic (exact) mass is 305 g/mol. The molecule has 1 aliphatic carbocycles. The van der Waals surface area contributed by atoms with Crippen LogP contribution in [0.3, 0.4) is 0 Å². The van der Waals surface area contributed by atoms with Gasteiger partial charge in [0.2, 0.25) is 0 Å². The van der Waals surface area contributed by atoms with E-state index in [2.05, 4.69) is 32.2 Å². The van der Waals surface area contributed by atoms with E-state index >= 15 is 0 Å². The SMILES string of the molecule is Cc1cc2oc(CNC3CC3)c(CC(C)C)c2c(C)c1Cl. The van der Waals surface area contributed by atoms with Crippen molar-refractivity contribution in [2.45, 2.75) is 59.5 Å². The van der Waals surface area contributed by atoms with Crippen LogP contribution in [-0.4, -0.2) is 6.04 Å². The van der Waals surface area contributed by atoms with Crippen molar-refractivity contribution in [3.8, 4) is 0 Å². The van der Waals surface area contributed by atoms with Crippen molar-refractivity contribution in [3.05, 3.63) is 33.5 Å². The summed E-state index contributed by atoms with van der Waals surface area (Å²) in [6.45, 7) is 9.48. The highest BCUT2D eigenvalue weighted by Crippen LogP contribution is 2.36. The molecular formula is C18H24ClNO. The Morgan fingerprint density at radius 3 is 2.67 bits per heavy atom. The molecule has 3 rings (SSSR count). The van der Waals surface area contributed by atoms with Gasteiger partial charge in [0.05, 0.1) is 6.54 Å². The van der Waals surface area contributed by atoms with Crippen molar-refractivity contribution in [2.75, 3.05) is 0 Å². The van der Waals surface area contributed by atoms with Gasteiger partial charge in [-0.05, 0) is 56.2 Å². The topological polar surface area (TPSA) is 25.2 Å². The van der Waals surface area contributed by atoms with Gasteiger partial charge in [-0.1, -0.05) is 25.4 Å². The second kappa shape index (κ2) is 5.66. The van der Waals surface area contributed by atoms with Gasteiger partial charge in [-0.3, -0.25) is 0 Å². The van der Waals surface area contributed by atoms with Gasteiger partial charge in [-0.25, -0.2) is 0 Å². The van der Waals surface area contributed by atoms with E-state index in [1.54, 1.807) is 0 Å². The van der Waals surface area contributed by atoms with Crippen LogP contribution < -0.4 is 5.32 Å². The molecule has 3 heteroatoms. The summed E-state index contributed by atoms with van der Waals surface area (Å²) in [7, 11) is 0. The van der Waals surface area contributed by atoms with E-state index < -0.39 is 0 Å². The Bertz CT molecular complexity index is 668. The first-order valence-electron chi connectivity index (χ1n) is 7.90. The smallest absolute Gasteiger partial charge is 0.135 e. The van der Waals surface area contributed by atoms with E-state index in [1.807, 2.05) is 6.92 Å². The fourth-order valence-electron chi connectivity index (χ4n) is 3.00. The van der Waals surface area contributed by atoms with E-state index in [9.17, 15) is 0 Å². The highest BCUT2D eigenvalue weighted by molar-refractivity contribution is 6.33. The van der Waals surface area contributed by atoms with Crippen molar-refractivity contribution >= 4 is 22.6 Å². The molecule has 0 amide bonds. The number of hydrogen-bond donors (Lipinski definition) is 1. The molecule has 0 unspecified atom stereocenters. The number of benzene rings is 1. The zero-order valence-corrected chi connectivity index (χ0v) is 14.1. The molecule has 1 fully saturated rings. The maximum atomic E-state index is 6.45. The van der Waals surface area contributed by atoms with Gasteiger partial charge in [0.15, 0.2) is 0 Å². The van der Waals surface area contributed by atoms with Gasteiger partial charge in [-0.2, -0.15) is 0 Å². The molecule has 0 radical (unpaired) electrons. The van der Waals surface area contributed by atoms with Gasteiger partial charge in [0.1, 0.15) is 11.3 Å². The molecule has 1 aromatic heterocycles. The van der Waals surface area contributed by atoms with Gasteiger partial charge < -0.3 is 9.73 Å². The molecule has 1 saturated carbocycles. The van der Waals surface area contributed by atoms with Gasteiger partial charge >= 0.3 is 0 Å². The lowest BCUT2D eigenvalue weighted by atomic mass is 9.96. The minimum absolute atomic E-state index is 0.602. The molecule has 2 nitrogen and oxygen atoms in total. The fraction of sp³-hybridized carbons (Fsp3) is 0.556. The van der Waals surface area contributed by atoms with E-state index in [-0.39, 0.29) is 0 Å². The van der Waals surface area contributed by atoms with Crippen LogP contribution in [0.1, 0.15) is 49.1 Å². The minimum Gasteiger partial charge on any atom is -0.459 e. The molecule has 21 heavy (non-hydrogen) atoms. The molecule has 0 aliphatic heterocycles. The summed E-state index contributed by atoms with van der Waals surface area (Å²) >= 11 is 6.45. The number of nitrogens with one attached hydrogen (secondary N) is 1. The molecule has 0 bridgehead atoms. The van der Waals surface area contributed by atoms with Gasteiger partial charge in [0.25, 0.3) is 0 Å². The van der Waals surface area contributed by atoms with Crippen molar-refractivity contribution < 1.29 is 4.42 Å². The molecule has 114 valence electrons. The second-order valence-electron chi connectivity index (χ2n) is 6.76. The summed E-state index contributed by atoms with van der Waals surface area (Å²) in [6.07, 6.45) is 3.63. The van der Waals surface area contributed by atoms with Crippen molar-refractivity contribution in [3.63, 3.8) is 0 Å². The highest BCUT2D eigenvalue weighted by Gasteiger charge is 2.23. The predicted octanol–water partition coefficient (Wildman–Crippen LogP) is 5.15. The number of fused-ring (bicyclic) bond motifs is 1. The van der Waals surface area contributed by atoms with Crippen LogP contribution in [0.5, 0.6) is 0 Å². The second-order valence-corrected chi connectivity index (χ2v) is 7.14. The standard InChI is InChI=1S/C18H24ClNO/c1-10(2)7-14-16(9-20-13-5-6-13)21-15-8-11(3)18(19)12(4)17(14)15/h8,10,13,20H,5-7,9H2,1-4H3. The zero-order valence-electron chi connectivity index (χ0n) is 13.3. The lowest BCUT2D eigenvalue weighted by Gasteiger charge is -2.09. The first-order valence-corrected chi connectivity index (χ1v) is 8.28. The Morgan fingerprint density at radius 1 is 1.33 bits per heavy atom. The number of halogens is 1. The zero-order chi connectivity index (χ0) is 15.1. The average molecular weight is 306 g/mol. The molecule has 0 saturated heterocycles. The van der Waals surface area contributed by atoms with Gasteiger partial charge in [0, 0.05) is 22.0 Å². The normalized spacial score (nSPS) is 15.3. The van der Waals surface area contributed by atoms with E-state index in [0.717, 1.165) is 40.5 Å². The van der Waals surface area contributed by atoms with Crippen LogP contribution >= 0.6 is 11.6 Å². The number of rotatable bonds is 5. The number of furan rings is 1. The molecule has 1 N–H and O–H groups in total. The summed E-state index contributed by atoms with van der Waals surface area (Å²) in [4.78, 5) is 0. The van der Waals surface area contributed by atoms with Crippen LogP contribution in [0.25, 0.3) is 11.0 Å². The summed E-state index contributed by atoms with van der Waals surface area (Å²) in [5, 5.41) is 5.67. The molecule has 1 aromatic carbocycles. The Kier molecular flexibility index (Phi) is 4.02. The van der Waals surface area contributed by atoms with Crippen LogP contribution in [0.2, 0.25) is 5.02 Å². The maximum Gasteiger partial charge on any atom is 0.135 e. The van der Waals surface area contributed by atoms with Crippen molar-refractivity contribution in [1.82, 2.24) is 5.32 Å². The van der Waals surface area contributed by atoms with Crippen LogP contribution in [0, 0.1) is 19.8 Å². The molecule has 0 atom stereocenters. The third-order valence-electron chi connectivity index (χ3n) is 4.26. The summed E-state index contributed by atoms with van der Waals surface area (Å²) in [5.41, 5.74) is 4.57. The Balaban J connectivity index is 2.09. The molecule has 1 heterocycles. The Labute approximate surface area is 131 Å². The minimum atomic E-state index is 0.602. The van der Waals surface area contributed by atoms with Crippen LogP contribution in [0.15, 0.2) is 10.5 Å². The van der Waals surface area contributed by atoms with Crippen LogP contribution in [-0.2, 0) is 13.0 Å². The highest BCUT2D eigenvalue weighted by atomic mass is 35.5. The number of hydrogen-bond acceptors (Lipinski definition) is 2. The molecular weight excluding hydrogens is 282 g/mol. The lowest BCUT2D eigenvalue weighted by Crippen LogP contribution is -2.16. The fourth-order valence-corrected chi connectivity index (χ4v) is 3.15. The van der Waals surface area contributed by atoms with E-state index in [4.69, 9.17) is 16.0 Å². The van der Waals surface area contributed by atoms with Gasteiger partial charge in [-0.15, -0.1) is 0 Å². The molecule has 1 aliphatic rings. The maximum absolute atomic E-state index is 6.45. The molecule has 0 spiro atoms. The number of aryl methyl sites for hydroxylation is 2. The van der Waals surface area contributed by atoms with E-state index in [1.165, 1.54) is 23.8 Å². The Morgan fingerprint density at radius 2 is 2.05 bits per heavy atom. The Hall–Kier alpha value is -0.990. The van der Waals surface area contributed by atoms with Crippen molar-refractivity contribution in [1.29, 1.82) is 0 Å².